The van der Waals surface area contributed by atoms with Crippen molar-refractivity contribution >= 4 is 16.8 Å². The van der Waals surface area contributed by atoms with Crippen molar-refractivity contribution in [3.8, 4) is 0 Å². The van der Waals surface area contributed by atoms with E-state index in [-0.39, 0.29) is 16.9 Å². The van der Waals surface area contributed by atoms with E-state index in [2.05, 4.69) is 29.1 Å². The lowest BCUT2D eigenvalue weighted by Gasteiger charge is -2.56. The maximum atomic E-state index is 13.6. The second-order valence-electron chi connectivity index (χ2n) is 12.4. The molecule has 6 nitrogen and oxygen atoms in total. The van der Waals surface area contributed by atoms with Gasteiger partial charge in [-0.05, 0) is 104 Å². The average molecular weight is 449 g/mol. The molecule has 0 radical (unpaired) electrons. The van der Waals surface area contributed by atoms with Gasteiger partial charge in [-0.3, -0.25) is 9.78 Å². The van der Waals surface area contributed by atoms with Crippen LogP contribution in [0.15, 0.2) is 18.5 Å². The van der Waals surface area contributed by atoms with Crippen molar-refractivity contribution < 1.29 is 9.90 Å². The zero-order chi connectivity index (χ0) is 22.5. The first-order valence-corrected chi connectivity index (χ1v) is 13.3. The Morgan fingerprint density at radius 3 is 2.76 bits per heavy atom. The lowest BCUT2D eigenvalue weighted by Crippen LogP contribution is -2.50. The molecule has 0 amide bonds. The van der Waals surface area contributed by atoms with E-state index in [1.54, 1.807) is 17.1 Å². The van der Waals surface area contributed by atoms with Gasteiger partial charge in [0.2, 0.25) is 0 Å². The number of rotatable bonds is 3. The minimum atomic E-state index is -0.330. The Morgan fingerprint density at radius 2 is 1.88 bits per heavy atom. The molecule has 0 saturated heterocycles. The van der Waals surface area contributed by atoms with Gasteiger partial charge in [-0.1, -0.05) is 19.1 Å². The van der Waals surface area contributed by atoms with Crippen LogP contribution in [0.4, 0.5) is 0 Å². The van der Waals surface area contributed by atoms with Gasteiger partial charge in [0.1, 0.15) is 12.1 Å². The second-order valence-corrected chi connectivity index (χ2v) is 12.4. The van der Waals surface area contributed by atoms with Crippen molar-refractivity contribution in [1.82, 2.24) is 20.0 Å². The Hall–Kier alpha value is -1.82. The third-order valence-electron chi connectivity index (χ3n) is 11.6. The number of nitrogens with zero attached hydrogens (tertiary/aromatic N) is 4. The third-order valence-corrected chi connectivity index (χ3v) is 11.6. The molecular weight excluding hydrogens is 412 g/mol. The summed E-state index contributed by atoms with van der Waals surface area (Å²) in [5.41, 5.74) is 1.45. The number of pyridine rings is 1. The number of fused-ring (bicyclic) bond motifs is 8. The van der Waals surface area contributed by atoms with Crippen LogP contribution in [-0.2, 0) is 11.3 Å². The summed E-state index contributed by atoms with van der Waals surface area (Å²) in [6.07, 6.45) is 13.0. The molecule has 5 fully saturated rings. The first-order chi connectivity index (χ1) is 15.9. The largest absolute Gasteiger partial charge is 0.389 e. The number of carbonyl (C=O) groups excluding carboxylic acids is 1. The molecule has 0 aromatic carbocycles. The number of aromatic nitrogens is 4. The number of hydrogen-bond acceptors (Lipinski definition) is 5. The Balaban J connectivity index is 1.10. The van der Waals surface area contributed by atoms with Crippen LogP contribution in [0.5, 0.6) is 0 Å². The van der Waals surface area contributed by atoms with Crippen molar-refractivity contribution in [2.75, 3.05) is 0 Å². The van der Waals surface area contributed by atoms with Crippen molar-refractivity contribution in [2.24, 2.45) is 52.8 Å². The maximum absolute atomic E-state index is 13.6. The molecule has 2 aromatic heterocycles. The molecule has 5 saturated carbocycles. The number of ketones is 1. The summed E-state index contributed by atoms with van der Waals surface area (Å²) >= 11 is 0. The van der Waals surface area contributed by atoms with E-state index < -0.39 is 0 Å². The van der Waals surface area contributed by atoms with Crippen molar-refractivity contribution in [3.63, 3.8) is 0 Å². The van der Waals surface area contributed by atoms with E-state index >= 15 is 0 Å². The molecule has 0 aliphatic heterocycles. The van der Waals surface area contributed by atoms with Crippen LogP contribution in [0.2, 0.25) is 0 Å². The molecule has 33 heavy (non-hydrogen) atoms. The Bertz CT molecular complexity index is 1110. The van der Waals surface area contributed by atoms with Gasteiger partial charge in [0.15, 0.2) is 5.78 Å². The number of aliphatic hydroxyl groups is 1. The Labute approximate surface area is 195 Å². The molecule has 2 aromatic rings. The summed E-state index contributed by atoms with van der Waals surface area (Å²) in [6.45, 7) is 5.03. The molecule has 5 aliphatic carbocycles. The lowest BCUT2D eigenvalue weighted by molar-refractivity contribution is -0.131. The average Bonchev–Trinajstić information content (AvgIpc) is 3.11. The van der Waals surface area contributed by atoms with E-state index in [9.17, 15) is 9.90 Å². The van der Waals surface area contributed by atoms with Gasteiger partial charge in [0, 0.05) is 12.1 Å². The SMILES string of the molecule is CC1C2C3CCC4C(CCC5(C)C(C(=O)Cn6nnc7cnccc76)CCC45)C3CCC12O. The first kappa shape index (κ1) is 20.5. The summed E-state index contributed by atoms with van der Waals surface area (Å²) in [5, 5.41) is 19.4. The summed E-state index contributed by atoms with van der Waals surface area (Å²) in [4.78, 5) is 17.7. The molecule has 0 bridgehead atoms. The van der Waals surface area contributed by atoms with Crippen LogP contribution in [0, 0.1) is 52.8 Å². The molecule has 7 rings (SSSR count). The van der Waals surface area contributed by atoms with Crippen molar-refractivity contribution in [2.45, 2.75) is 77.4 Å². The van der Waals surface area contributed by atoms with Gasteiger partial charge in [0.25, 0.3) is 0 Å². The number of carbonyl (C=O) groups is 1. The van der Waals surface area contributed by atoms with Gasteiger partial charge < -0.3 is 5.11 Å². The highest BCUT2D eigenvalue weighted by molar-refractivity contribution is 5.84. The van der Waals surface area contributed by atoms with Crippen LogP contribution >= 0.6 is 0 Å². The van der Waals surface area contributed by atoms with Gasteiger partial charge in [-0.15, -0.1) is 5.10 Å². The van der Waals surface area contributed by atoms with E-state index in [0.717, 1.165) is 47.5 Å². The van der Waals surface area contributed by atoms with Gasteiger partial charge >= 0.3 is 0 Å². The molecule has 2 heterocycles. The third kappa shape index (κ3) is 2.70. The Kier molecular flexibility index (Phi) is 4.27. The monoisotopic (exact) mass is 448 g/mol. The minimum Gasteiger partial charge on any atom is -0.389 e. The maximum Gasteiger partial charge on any atom is 0.157 e. The normalized spacial score (nSPS) is 48.0. The first-order valence-electron chi connectivity index (χ1n) is 13.3. The number of Topliss-reactive ketones (excluding diaryl/α,β-unsaturated/α-hetero) is 1. The second kappa shape index (κ2) is 6.87. The lowest BCUT2D eigenvalue weighted by atomic mass is 9.49. The molecular formula is C27H36N4O2. The molecule has 5 aliphatic rings. The molecule has 1 N–H and O–H groups in total. The topological polar surface area (TPSA) is 80.9 Å². The number of hydrogen-bond donors (Lipinski definition) is 1. The predicted molar refractivity (Wildman–Crippen MR) is 124 cm³/mol. The van der Waals surface area contributed by atoms with Crippen LogP contribution < -0.4 is 0 Å². The van der Waals surface area contributed by atoms with Crippen LogP contribution in [-0.4, -0.2) is 36.5 Å². The zero-order valence-electron chi connectivity index (χ0n) is 19.9. The molecule has 6 heteroatoms. The predicted octanol–water partition coefficient (Wildman–Crippen LogP) is 4.27. The molecule has 176 valence electrons. The smallest absolute Gasteiger partial charge is 0.157 e. The van der Waals surface area contributed by atoms with Crippen molar-refractivity contribution in [3.05, 3.63) is 18.5 Å². The van der Waals surface area contributed by atoms with Gasteiger partial charge in [-0.25, -0.2) is 4.68 Å². The van der Waals surface area contributed by atoms with Crippen molar-refractivity contribution in [1.29, 1.82) is 0 Å². The van der Waals surface area contributed by atoms with E-state index in [0.29, 0.717) is 30.1 Å². The highest BCUT2D eigenvalue weighted by Crippen LogP contribution is 2.70. The van der Waals surface area contributed by atoms with E-state index in [1.165, 1.54) is 38.5 Å². The van der Waals surface area contributed by atoms with Crippen LogP contribution in [0.25, 0.3) is 11.0 Å². The summed E-state index contributed by atoms with van der Waals surface area (Å²) < 4.78 is 1.77. The summed E-state index contributed by atoms with van der Waals surface area (Å²) in [6, 6.07) is 1.90. The summed E-state index contributed by atoms with van der Waals surface area (Å²) in [7, 11) is 0. The fourth-order valence-electron chi connectivity index (χ4n) is 9.96. The molecule has 0 spiro atoms. The van der Waals surface area contributed by atoms with Gasteiger partial charge in [-0.2, -0.15) is 0 Å². The quantitative estimate of drug-likeness (QED) is 0.758. The molecule has 10 atom stereocenters. The standard InChI is InChI=1S/C27H36N4O2/c1-15-25-19-4-3-18-16(17(19)8-11-27(15,25)33)7-10-26(2)20(18)5-6-21(26)24(32)14-31-23-9-12-28-13-22(23)29-30-31/h9,12-13,15-21,25,33H,3-8,10-11,14H2,1-2H3. The van der Waals surface area contributed by atoms with Crippen LogP contribution in [0.1, 0.15) is 65.2 Å². The van der Waals surface area contributed by atoms with E-state index in [4.69, 9.17) is 0 Å². The fraction of sp³-hybridized carbons (Fsp3) is 0.778. The summed E-state index contributed by atoms with van der Waals surface area (Å²) in [5.74, 6) is 5.40. The zero-order valence-corrected chi connectivity index (χ0v) is 19.9. The van der Waals surface area contributed by atoms with Gasteiger partial charge in [0.05, 0.1) is 17.3 Å². The fourth-order valence-corrected chi connectivity index (χ4v) is 9.96. The highest BCUT2D eigenvalue weighted by atomic mass is 16.3. The van der Waals surface area contributed by atoms with Crippen LogP contribution in [0.3, 0.4) is 0 Å². The minimum absolute atomic E-state index is 0.130. The highest BCUT2D eigenvalue weighted by Gasteiger charge is 2.69. The Morgan fingerprint density at radius 1 is 1.09 bits per heavy atom. The molecule has 10 unspecified atom stereocenters. The van der Waals surface area contributed by atoms with E-state index in [1.807, 2.05) is 6.07 Å².